The number of carbonyl (C=O) groups is 3. The Morgan fingerprint density at radius 3 is 2.82 bits per heavy atom. The summed E-state index contributed by atoms with van der Waals surface area (Å²) in [5, 5.41) is 2.88. The van der Waals surface area contributed by atoms with Gasteiger partial charge in [0.05, 0.1) is 6.26 Å². The van der Waals surface area contributed by atoms with E-state index >= 15 is 0 Å². The third-order valence-electron chi connectivity index (χ3n) is 4.54. The first-order chi connectivity index (χ1) is 13.5. The average Bonchev–Trinajstić information content (AvgIpc) is 3.25. The fraction of sp³-hybridized carbons (Fsp3) is 0.350. The second-order valence-corrected chi connectivity index (χ2v) is 6.61. The number of nitrogens with zero attached hydrogens (tertiary/aromatic N) is 1. The summed E-state index contributed by atoms with van der Waals surface area (Å²) in [6, 6.07) is 9.77. The van der Waals surface area contributed by atoms with Crippen molar-refractivity contribution >= 4 is 17.7 Å². The molecule has 1 aliphatic rings. The van der Waals surface area contributed by atoms with Crippen LogP contribution in [0.4, 0.5) is 0 Å². The Bertz CT molecular complexity index is 834. The van der Waals surface area contributed by atoms with Gasteiger partial charge in [0.25, 0.3) is 11.8 Å². The van der Waals surface area contributed by atoms with Gasteiger partial charge in [-0.25, -0.2) is 0 Å². The molecule has 1 aromatic heterocycles. The van der Waals surface area contributed by atoms with E-state index < -0.39 is 11.9 Å². The monoisotopic (exact) mass is 385 g/mol. The molecule has 1 unspecified atom stereocenters. The number of nitrogens with one attached hydrogen (secondary N) is 1. The van der Waals surface area contributed by atoms with Crippen molar-refractivity contribution in [2.24, 2.45) is 5.73 Å². The van der Waals surface area contributed by atoms with Crippen LogP contribution in [0.25, 0.3) is 0 Å². The van der Waals surface area contributed by atoms with Crippen LogP contribution in [-0.4, -0.2) is 41.8 Å². The second kappa shape index (κ2) is 9.07. The van der Waals surface area contributed by atoms with Crippen LogP contribution in [0.1, 0.15) is 35.4 Å². The van der Waals surface area contributed by atoms with Gasteiger partial charge in [-0.3, -0.25) is 14.4 Å². The Balaban J connectivity index is 1.61. The molecular weight excluding hydrogens is 362 g/mol. The second-order valence-electron chi connectivity index (χ2n) is 6.61. The van der Waals surface area contributed by atoms with Gasteiger partial charge in [-0.05, 0) is 49.1 Å². The largest absolute Gasteiger partial charge is 0.484 e. The molecule has 0 spiro atoms. The highest BCUT2D eigenvalue weighted by molar-refractivity contribution is 5.95. The number of primary amides is 1. The summed E-state index contributed by atoms with van der Waals surface area (Å²) < 4.78 is 10.5. The number of ether oxygens (including phenoxy) is 1. The first-order valence-electron chi connectivity index (χ1n) is 9.17. The molecule has 1 atom stereocenters. The lowest BCUT2D eigenvalue weighted by atomic mass is 10.0. The Morgan fingerprint density at radius 1 is 1.21 bits per heavy atom. The first-order valence-corrected chi connectivity index (χ1v) is 9.17. The van der Waals surface area contributed by atoms with Gasteiger partial charge in [-0.15, -0.1) is 0 Å². The molecule has 8 nitrogen and oxygen atoms in total. The van der Waals surface area contributed by atoms with Gasteiger partial charge < -0.3 is 25.1 Å². The van der Waals surface area contributed by atoms with E-state index in [1.165, 1.54) is 6.26 Å². The molecule has 3 N–H and O–H groups in total. The highest BCUT2D eigenvalue weighted by Crippen LogP contribution is 2.20. The van der Waals surface area contributed by atoms with E-state index in [9.17, 15) is 14.4 Å². The normalized spacial score (nSPS) is 16.4. The minimum Gasteiger partial charge on any atom is -0.484 e. The highest BCUT2D eigenvalue weighted by Gasteiger charge is 2.33. The van der Waals surface area contributed by atoms with Crippen LogP contribution in [0.15, 0.2) is 47.1 Å². The molecule has 0 aliphatic carbocycles. The topological polar surface area (TPSA) is 115 Å². The number of rotatable bonds is 7. The highest BCUT2D eigenvalue weighted by atomic mass is 16.5. The van der Waals surface area contributed by atoms with Gasteiger partial charge in [0.15, 0.2) is 12.4 Å². The third-order valence-corrected chi connectivity index (χ3v) is 4.54. The lowest BCUT2D eigenvalue weighted by Gasteiger charge is -2.34. The van der Waals surface area contributed by atoms with Crippen LogP contribution < -0.4 is 15.8 Å². The van der Waals surface area contributed by atoms with Gasteiger partial charge in [-0.2, -0.15) is 0 Å². The number of hydrogen-bond acceptors (Lipinski definition) is 5. The van der Waals surface area contributed by atoms with Crippen LogP contribution in [-0.2, 0) is 16.1 Å². The summed E-state index contributed by atoms with van der Waals surface area (Å²) in [6.07, 6.45) is 3.80. The number of benzene rings is 1. The van der Waals surface area contributed by atoms with Crippen LogP contribution in [0, 0.1) is 0 Å². The summed E-state index contributed by atoms with van der Waals surface area (Å²) in [4.78, 5) is 37.7. The van der Waals surface area contributed by atoms with E-state index in [-0.39, 0.29) is 30.7 Å². The van der Waals surface area contributed by atoms with E-state index in [2.05, 4.69) is 5.32 Å². The minimum atomic E-state index is -0.558. The Morgan fingerprint density at radius 2 is 2.07 bits per heavy atom. The molecule has 148 valence electrons. The number of piperidine rings is 1. The molecule has 8 heteroatoms. The van der Waals surface area contributed by atoms with Crippen molar-refractivity contribution in [2.45, 2.75) is 31.8 Å². The smallest absolute Gasteiger partial charge is 0.290 e. The zero-order valence-corrected chi connectivity index (χ0v) is 15.4. The van der Waals surface area contributed by atoms with E-state index in [4.69, 9.17) is 14.9 Å². The van der Waals surface area contributed by atoms with Gasteiger partial charge in [-0.1, -0.05) is 12.1 Å². The Labute approximate surface area is 162 Å². The van der Waals surface area contributed by atoms with E-state index in [0.717, 1.165) is 18.4 Å². The molecule has 2 heterocycles. The Kier molecular flexibility index (Phi) is 6.31. The number of carbonyl (C=O) groups excluding carboxylic acids is 3. The summed E-state index contributed by atoms with van der Waals surface area (Å²) in [5.74, 6) is -0.302. The molecule has 1 aliphatic heterocycles. The number of hydrogen-bond donors (Lipinski definition) is 2. The minimum absolute atomic E-state index is 0.205. The molecule has 3 rings (SSSR count). The van der Waals surface area contributed by atoms with Crippen molar-refractivity contribution in [3.63, 3.8) is 0 Å². The maximum Gasteiger partial charge on any atom is 0.290 e. The summed E-state index contributed by atoms with van der Waals surface area (Å²) in [6.45, 7) is 0.599. The zero-order chi connectivity index (χ0) is 19.9. The molecule has 0 bridgehead atoms. The first kappa shape index (κ1) is 19.5. The SMILES string of the molecule is NC(=O)COc1cccc(CNC(=O)C2CCCCN2C(=O)c2ccco2)c1. The van der Waals surface area contributed by atoms with Gasteiger partial charge in [0, 0.05) is 13.1 Å². The predicted octanol–water partition coefficient (Wildman–Crippen LogP) is 1.45. The molecule has 0 saturated carbocycles. The maximum absolute atomic E-state index is 12.7. The summed E-state index contributed by atoms with van der Waals surface area (Å²) >= 11 is 0. The standard InChI is InChI=1S/C20H23N3O5/c21-18(24)13-28-15-6-3-5-14(11-15)12-22-19(25)16-7-1-2-9-23(16)20(26)17-8-4-10-27-17/h3-6,8,10-11,16H,1-2,7,9,12-13H2,(H2,21,24)(H,22,25). The van der Waals surface area contributed by atoms with Gasteiger partial charge >= 0.3 is 0 Å². The fourth-order valence-electron chi connectivity index (χ4n) is 3.20. The molecule has 28 heavy (non-hydrogen) atoms. The Hall–Kier alpha value is -3.29. The number of nitrogens with two attached hydrogens (primary N) is 1. The third kappa shape index (κ3) is 4.91. The van der Waals surface area contributed by atoms with Crippen LogP contribution in [0.2, 0.25) is 0 Å². The number of likely N-dealkylation sites (tertiary alicyclic amines) is 1. The average molecular weight is 385 g/mol. The van der Waals surface area contributed by atoms with Crippen molar-refractivity contribution in [3.05, 3.63) is 54.0 Å². The van der Waals surface area contributed by atoms with Crippen LogP contribution in [0.3, 0.4) is 0 Å². The number of amides is 3. The fourth-order valence-corrected chi connectivity index (χ4v) is 3.20. The van der Waals surface area contributed by atoms with Crippen molar-refractivity contribution in [2.75, 3.05) is 13.2 Å². The molecule has 2 aromatic rings. The predicted molar refractivity (Wildman–Crippen MR) is 100 cm³/mol. The van der Waals surface area contributed by atoms with E-state index in [0.29, 0.717) is 18.7 Å². The molecular formula is C20H23N3O5. The van der Waals surface area contributed by atoms with Gasteiger partial charge in [0.1, 0.15) is 11.8 Å². The van der Waals surface area contributed by atoms with Gasteiger partial charge in [0.2, 0.25) is 5.91 Å². The summed E-state index contributed by atoms with van der Waals surface area (Å²) in [5.41, 5.74) is 5.89. The zero-order valence-electron chi connectivity index (χ0n) is 15.4. The van der Waals surface area contributed by atoms with E-state index in [1.807, 2.05) is 6.07 Å². The lowest BCUT2D eigenvalue weighted by Crippen LogP contribution is -2.51. The molecule has 1 fully saturated rings. The lowest BCUT2D eigenvalue weighted by molar-refractivity contribution is -0.126. The van der Waals surface area contributed by atoms with Crippen molar-refractivity contribution in [1.82, 2.24) is 10.2 Å². The van der Waals surface area contributed by atoms with Crippen molar-refractivity contribution in [1.29, 1.82) is 0 Å². The summed E-state index contributed by atoms with van der Waals surface area (Å²) in [7, 11) is 0. The molecule has 1 saturated heterocycles. The van der Waals surface area contributed by atoms with Crippen molar-refractivity contribution < 1.29 is 23.5 Å². The molecule has 1 aromatic carbocycles. The number of furan rings is 1. The van der Waals surface area contributed by atoms with E-state index in [1.54, 1.807) is 35.2 Å². The van der Waals surface area contributed by atoms with Crippen LogP contribution in [0.5, 0.6) is 5.75 Å². The maximum atomic E-state index is 12.7. The quantitative estimate of drug-likeness (QED) is 0.749. The van der Waals surface area contributed by atoms with Crippen molar-refractivity contribution in [3.8, 4) is 5.75 Å². The molecule has 3 amide bonds. The molecule has 0 radical (unpaired) electrons. The van der Waals surface area contributed by atoms with Crippen LogP contribution >= 0.6 is 0 Å².